The lowest BCUT2D eigenvalue weighted by atomic mass is 10.1. The topological polar surface area (TPSA) is 18.5 Å². The summed E-state index contributed by atoms with van der Waals surface area (Å²) in [5, 5.41) is 0. The maximum atomic E-state index is 5.12. The van der Waals surface area contributed by atoms with Crippen LogP contribution in [0.2, 0.25) is 39.3 Å². The van der Waals surface area contributed by atoms with Crippen molar-refractivity contribution in [2.45, 2.75) is 52.1 Å². The van der Waals surface area contributed by atoms with E-state index in [2.05, 4.69) is 109 Å². The Kier molecular flexibility index (Phi) is 16.1. The van der Waals surface area contributed by atoms with Gasteiger partial charge in [0.15, 0.2) is 0 Å². The van der Waals surface area contributed by atoms with Gasteiger partial charge in [0.1, 0.15) is 16.1 Å². The zero-order chi connectivity index (χ0) is 25.3. The van der Waals surface area contributed by atoms with Crippen LogP contribution in [0.25, 0.3) is 0 Å². The van der Waals surface area contributed by atoms with E-state index in [1.54, 1.807) is 14.2 Å². The molecule has 0 aliphatic rings. The molecule has 0 saturated heterocycles. The van der Waals surface area contributed by atoms with Gasteiger partial charge in [-0.25, -0.2) is 0 Å². The lowest BCUT2D eigenvalue weighted by molar-refractivity contribution is 0.202. The Morgan fingerprint density at radius 3 is 1.45 bits per heavy atom. The molecule has 0 N–H and O–H groups in total. The van der Waals surface area contributed by atoms with E-state index in [1.165, 1.54) is 11.1 Å². The normalized spacial score (nSPS) is 10.4. The van der Waals surface area contributed by atoms with Gasteiger partial charge in [-0.05, 0) is 48.2 Å². The minimum atomic E-state index is -1.26. The van der Waals surface area contributed by atoms with Gasteiger partial charge in [-0.3, -0.25) is 0 Å². The van der Waals surface area contributed by atoms with E-state index < -0.39 is 16.1 Å². The molecule has 0 amide bonds. The molecule has 0 spiro atoms. The number of methoxy groups -OCH3 is 2. The molecule has 0 radical (unpaired) electrons. The first-order chi connectivity index (χ1) is 15.4. The lowest BCUT2D eigenvalue weighted by Gasteiger charge is -2.03. The summed E-state index contributed by atoms with van der Waals surface area (Å²) in [6.07, 6.45) is 7.08. The molecule has 5 heteroatoms. The third kappa shape index (κ3) is 19.6. The number of rotatable bonds is 6. The van der Waals surface area contributed by atoms with Crippen molar-refractivity contribution < 1.29 is 9.47 Å². The fourth-order valence-corrected chi connectivity index (χ4v) is 2.89. The first-order valence-electron chi connectivity index (χ1n) is 11.2. The molecule has 0 saturated carbocycles. The quantitative estimate of drug-likeness (QED) is 0.281. The van der Waals surface area contributed by atoms with Crippen LogP contribution in [0.3, 0.4) is 0 Å². The summed E-state index contributed by atoms with van der Waals surface area (Å²) in [4.78, 5) is 0. The monoisotopic (exact) mass is 544 g/mol. The van der Waals surface area contributed by atoms with Gasteiger partial charge >= 0.3 is 0 Å². The molecule has 0 heterocycles. The Balaban J connectivity index is 0.000000520. The van der Waals surface area contributed by atoms with Crippen LogP contribution in [0.15, 0.2) is 53.0 Å². The summed E-state index contributed by atoms with van der Waals surface area (Å²) in [6, 6.07) is 16.7. The average Bonchev–Trinajstić information content (AvgIpc) is 2.76. The molecule has 0 atom stereocenters. The Morgan fingerprint density at radius 1 is 0.727 bits per heavy atom. The Morgan fingerprint density at radius 2 is 1.12 bits per heavy atom. The summed E-state index contributed by atoms with van der Waals surface area (Å²) >= 11 is 3.38. The van der Waals surface area contributed by atoms with Gasteiger partial charge < -0.3 is 9.47 Å². The Hall–Kier alpha value is -1.61. The van der Waals surface area contributed by atoms with Crippen LogP contribution in [0.1, 0.15) is 16.7 Å². The number of hydrogen-bond donors (Lipinski definition) is 0. The number of benzene rings is 2. The van der Waals surface area contributed by atoms with E-state index in [9.17, 15) is 0 Å². The maximum absolute atomic E-state index is 5.12. The van der Waals surface area contributed by atoms with E-state index in [-0.39, 0.29) is 0 Å². The molecular weight excluding hydrogens is 504 g/mol. The van der Waals surface area contributed by atoms with E-state index in [4.69, 9.17) is 15.9 Å². The summed E-state index contributed by atoms with van der Waals surface area (Å²) in [6.45, 7) is 14.8. The SMILES string of the molecule is C#C[Si](C)(C)C.COCCc1ccc(Br)cc1.COCCc1ccc(C#C[Si](C)(C)C)cc1. The van der Waals surface area contributed by atoms with E-state index in [1.807, 2.05) is 12.1 Å². The molecule has 33 heavy (non-hydrogen) atoms. The molecule has 0 fully saturated rings. The van der Waals surface area contributed by atoms with Crippen LogP contribution in [0, 0.1) is 23.4 Å². The van der Waals surface area contributed by atoms with Gasteiger partial charge in [0.2, 0.25) is 0 Å². The van der Waals surface area contributed by atoms with Crippen molar-refractivity contribution in [1.82, 2.24) is 0 Å². The second-order valence-electron chi connectivity index (χ2n) is 9.70. The molecule has 0 unspecified atom stereocenters. The molecule has 2 rings (SSSR count). The molecule has 2 aromatic carbocycles. The maximum Gasteiger partial charge on any atom is 0.129 e. The first kappa shape index (κ1) is 31.4. The molecule has 2 nitrogen and oxygen atoms in total. The van der Waals surface area contributed by atoms with Crippen LogP contribution in [-0.4, -0.2) is 43.6 Å². The highest BCUT2D eigenvalue weighted by atomic mass is 79.9. The van der Waals surface area contributed by atoms with Gasteiger partial charge in [0, 0.05) is 24.3 Å². The second-order valence-corrected chi connectivity index (χ2v) is 20.2. The standard InChI is InChI=1S/C14H20OSi.C9H11BrO.C5H10Si/c1-15-11-9-13-5-7-14(8-6-13)10-12-16(2,3)4;1-11-7-6-8-2-4-9(10)5-3-8;1-5-6(2,3)4/h5-8H,9,11H2,1-4H3;2-5H,6-7H2,1H3;1H,2-4H3. The number of halogens is 1. The van der Waals surface area contributed by atoms with Crippen molar-refractivity contribution in [1.29, 1.82) is 0 Å². The summed E-state index contributed by atoms with van der Waals surface area (Å²) < 4.78 is 11.1. The van der Waals surface area contributed by atoms with Crippen LogP contribution >= 0.6 is 15.9 Å². The fourth-order valence-electron chi connectivity index (χ4n) is 2.11. The lowest BCUT2D eigenvalue weighted by Crippen LogP contribution is -2.16. The van der Waals surface area contributed by atoms with Crippen molar-refractivity contribution in [2.75, 3.05) is 27.4 Å². The number of hydrogen-bond acceptors (Lipinski definition) is 2. The largest absolute Gasteiger partial charge is 0.384 e. The van der Waals surface area contributed by atoms with Gasteiger partial charge in [0.05, 0.1) is 13.2 Å². The van der Waals surface area contributed by atoms with Crippen LogP contribution in [0.5, 0.6) is 0 Å². The first-order valence-corrected chi connectivity index (χ1v) is 19.0. The third-order valence-electron chi connectivity index (χ3n) is 4.07. The summed E-state index contributed by atoms with van der Waals surface area (Å²) in [7, 11) is 1.09. The highest BCUT2D eigenvalue weighted by Gasteiger charge is 2.07. The highest BCUT2D eigenvalue weighted by Crippen LogP contribution is 2.10. The molecule has 0 aromatic heterocycles. The smallest absolute Gasteiger partial charge is 0.129 e. The number of terminal acetylenes is 1. The van der Waals surface area contributed by atoms with Crippen LogP contribution in [-0.2, 0) is 22.3 Å². The fraction of sp³-hybridized carbons (Fsp3) is 0.429. The van der Waals surface area contributed by atoms with E-state index in [0.717, 1.165) is 36.1 Å². The van der Waals surface area contributed by atoms with E-state index in [0.29, 0.717) is 0 Å². The van der Waals surface area contributed by atoms with Crippen molar-refractivity contribution in [3.63, 3.8) is 0 Å². The number of ether oxygens (including phenoxy) is 2. The van der Waals surface area contributed by atoms with Gasteiger partial charge in [-0.15, -0.1) is 17.5 Å². The Bertz CT molecular complexity index is 876. The van der Waals surface area contributed by atoms with Gasteiger partial charge in [-0.2, -0.15) is 0 Å². The minimum Gasteiger partial charge on any atom is -0.384 e. The molecule has 0 aliphatic heterocycles. The minimum absolute atomic E-state index is 0.778. The molecular formula is C28H41BrO2Si2. The van der Waals surface area contributed by atoms with Gasteiger partial charge in [-0.1, -0.05) is 85.4 Å². The Labute approximate surface area is 213 Å². The van der Waals surface area contributed by atoms with Crippen molar-refractivity contribution in [2.24, 2.45) is 0 Å². The van der Waals surface area contributed by atoms with Crippen LogP contribution < -0.4 is 0 Å². The summed E-state index contributed by atoms with van der Waals surface area (Å²) in [5.41, 5.74) is 9.84. The molecule has 2 aromatic rings. The zero-order valence-corrected chi connectivity index (χ0v) is 25.3. The molecule has 180 valence electrons. The zero-order valence-electron chi connectivity index (χ0n) is 21.7. The van der Waals surface area contributed by atoms with Crippen molar-refractivity contribution in [3.8, 4) is 23.4 Å². The van der Waals surface area contributed by atoms with Gasteiger partial charge in [0.25, 0.3) is 0 Å². The molecule has 0 bridgehead atoms. The predicted molar refractivity (Wildman–Crippen MR) is 154 cm³/mol. The summed E-state index contributed by atoms with van der Waals surface area (Å²) in [5.74, 6) is 3.25. The highest BCUT2D eigenvalue weighted by molar-refractivity contribution is 9.10. The van der Waals surface area contributed by atoms with Crippen LogP contribution in [0.4, 0.5) is 0 Å². The average molecular weight is 546 g/mol. The third-order valence-corrected chi connectivity index (χ3v) is 6.34. The van der Waals surface area contributed by atoms with E-state index >= 15 is 0 Å². The van der Waals surface area contributed by atoms with Crippen molar-refractivity contribution in [3.05, 3.63) is 69.7 Å². The predicted octanol–water partition coefficient (Wildman–Crippen LogP) is 7.24. The second kappa shape index (κ2) is 16.9. The molecule has 0 aliphatic carbocycles. The van der Waals surface area contributed by atoms with Crippen molar-refractivity contribution >= 4 is 32.1 Å².